The SMILES string of the molecule is CC(CCC(=O)NC=O)N1C(=O)c2cccc(NCCC3CCN(CC(=O)NC(c4cccnc4)c4cc5ccccc5o4)CC3)c2C1=O. The number of amides is 5. The van der Waals surface area contributed by atoms with Gasteiger partial charge in [-0.3, -0.25) is 44.1 Å². The summed E-state index contributed by atoms with van der Waals surface area (Å²) in [6.07, 6.45) is 6.81. The number of anilines is 1. The van der Waals surface area contributed by atoms with Crippen LogP contribution in [0.4, 0.5) is 5.69 Å². The molecular weight excluding hydrogens is 624 g/mol. The van der Waals surface area contributed by atoms with Crippen molar-refractivity contribution in [1.82, 2.24) is 25.4 Å². The van der Waals surface area contributed by atoms with Crippen LogP contribution in [-0.2, 0) is 14.4 Å². The lowest BCUT2D eigenvalue weighted by atomic mass is 9.93. The van der Waals surface area contributed by atoms with Gasteiger partial charge in [0.15, 0.2) is 0 Å². The lowest BCUT2D eigenvalue weighted by Gasteiger charge is -2.32. The van der Waals surface area contributed by atoms with E-state index in [1.165, 1.54) is 4.90 Å². The van der Waals surface area contributed by atoms with Crippen molar-refractivity contribution in [3.63, 3.8) is 0 Å². The second kappa shape index (κ2) is 15.2. The first-order chi connectivity index (χ1) is 23.8. The number of para-hydroxylation sites is 1. The Balaban J connectivity index is 0.986. The van der Waals surface area contributed by atoms with E-state index in [2.05, 4.69) is 25.8 Å². The van der Waals surface area contributed by atoms with Crippen LogP contribution in [0.15, 0.2) is 77.5 Å². The normalized spacial score (nSPS) is 16.3. The van der Waals surface area contributed by atoms with Crippen LogP contribution >= 0.6 is 0 Å². The first-order valence-electron chi connectivity index (χ1n) is 16.7. The van der Waals surface area contributed by atoms with Gasteiger partial charge in [-0.2, -0.15) is 0 Å². The third kappa shape index (κ3) is 7.70. The Morgan fingerprint density at radius 3 is 2.59 bits per heavy atom. The molecule has 12 nitrogen and oxygen atoms in total. The average Bonchev–Trinajstić information content (AvgIpc) is 3.66. The summed E-state index contributed by atoms with van der Waals surface area (Å²) in [4.78, 5) is 69.6. The van der Waals surface area contributed by atoms with E-state index in [9.17, 15) is 24.0 Å². The molecule has 1 saturated heterocycles. The lowest BCUT2D eigenvalue weighted by molar-refractivity contribution is -0.125. The van der Waals surface area contributed by atoms with Gasteiger partial charge in [0.05, 0.1) is 17.7 Å². The largest absolute Gasteiger partial charge is 0.459 e. The smallest absolute Gasteiger partial charge is 0.263 e. The van der Waals surface area contributed by atoms with Crippen LogP contribution in [-0.4, -0.2) is 77.0 Å². The third-order valence-corrected chi connectivity index (χ3v) is 9.39. The Hall–Kier alpha value is -5.36. The number of furan rings is 1. The molecule has 0 spiro atoms. The Labute approximate surface area is 284 Å². The molecule has 5 amide bonds. The van der Waals surface area contributed by atoms with Gasteiger partial charge in [0, 0.05) is 48.0 Å². The van der Waals surface area contributed by atoms with E-state index in [0.717, 1.165) is 48.9 Å². The molecule has 0 aliphatic carbocycles. The number of nitrogens with one attached hydrogen (secondary N) is 3. The van der Waals surface area contributed by atoms with Crippen LogP contribution in [0.2, 0.25) is 0 Å². The van der Waals surface area contributed by atoms with Crippen molar-refractivity contribution in [2.45, 2.75) is 51.1 Å². The highest BCUT2D eigenvalue weighted by atomic mass is 16.3. The summed E-state index contributed by atoms with van der Waals surface area (Å²) in [7, 11) is 0. The number of piperidine rings is 1. The molecule has 0 saturated carbocycles. The summed E-state index contributed by atoms with van der Waals surface area (Å²) in [6.45, 7) is 4.23. The maximum atomic E-state index is 13.4. The van der Waals surface area contributed by atoms with E-state index in [-0.39, 0.29) is 37.1 Å². The number of nitrogens with zero attached hydrogens (tertiary/aromatic N) is 3. The van der Waals surface area contributed by atoms with E-state index in [1.807, 2.05) is 42.5 Å². The molecule has 2 aliphatic rings. The van der Waals surface area contributed by atoms with Gasteiger partial charge in [0.1, 0.15) is 17.4 Å². The molecule has 3 N–H and O–H groups in total. The van der Waals surface area contributed by atoms with Crippen molar-refractivity contribution in [1.29, 1.82) is 0 Å². The Morgan fingerprint density at radius 1 is 1.02 bits per heavy atom. The van der Waals surface area contributed by atoms with Crippen LogP contribution in [0, 0.1) is 5.92 Å². The van der Waals surface area contributed by atoms with Gasteiger partial charge in [-0.15, -0.1) is 0 Å². The summed E-state index contributed by atoms with van der Waals surface area (Å²) < 4.78 is 6.11. The fourth-order valence-corrected chi connectivity index (χ4v) is 6.72. The number of carbonyl (C=O) groups excluding carboxylic acids is 5. The van der Waals surface area contributed by atoms with Gasteiger partial charge >= 0.3 is 0 Å². The molecule has 2 aromatic carbocycles. The number of likely N-dealkylation sites (tertiary alicyclic amines) is 1. The number of aromatic nitrogens is 1. The molecule has 12 heteroatoms. The number of carbonyl (C=O) groups is 5. The zero-order valence-corrected chi connectivity index (χ0v) is 27.4. The molecule has 6 rings (SSSR count). The van der Waals surface area contributed by atoms with Gasteiger partial charge in [0.25, 0.3) is 11.8 Å². The van der Waals surface area contributed by atoms with Crippen molar-refractivity contribution < 1.29 is 28.4 Å². The van der Waals surface area contributed by atoms with Crippen molar-refractivity contribution in [3.05, 3.63) is 95.5 Å². The summed E-state index contributed by atoms with van der Waals surface area (Å²) in [5, 5.41) is 9.60. The first kappa shape index (κ1) is 33.5. The number of hydrogen-bond acceptors (Lipinski definition) is 9. The summed E-state index contributed by atoms with van der Waals surface area (Å²) in [5.74, 6) is -0.195. The molecule has 0 radical (unpaired) electrons. The Bertz CT molecular complexity index is 1800. The fraction of sp³-hybridized carbons (Fsp3) is 0.351. The molecule has 0 bridgehead atoms. The van der Waals surface area contributed by atoms with Crippen molar-refractivity contribution in [2.75, 3.05) is 31.5 Å². The number of benzene rings is 2. The number of rotatable bonds is 14. The summed E-state index contributed by atoms with van der Waals surface area (Å²) in [6, 6.07) is 17.8. The topological polar surface area (TPSA) is 154 Å². The molecule has 2 aromatic heterocycles. The number of hydrogen-bond donors (Lipinski definition) is 3. The van der Waals surface area contributed by atoms with Crippen LogP contribution in [0.1, 0.15) is 77.1 Å². The lowest BCUT2D eigenvalue weighted by Crippen LogP contribution is -2.42. The van der Waals surface area contributed by atoms with E-state index in [4.69, 9.17) is 4.42 Å². The molecule has 2 atom stereocenters. The van der Waals surface area contributed by atoms with Gasteiger partial charge in [0.2, 0.25) is 18.2 Å². The van der Waals surface area contributed by atoms with Crippen molar-refractivity contribution in [2.24, 2.45) is 5.92 Å². The minimum Gasteiger partial charge on any atom is -0.459 e. The molecule has 2 unspecified atom stereocenters. The maximum Gasteiger partial charge on any atom is 0.263 e. The minimum atomic E-state index is -0.503. The van der Waals surface area contributed by atoms with Gasteiger partial charge in [-0.05, 0) is 81.9 Å². The van der Waals surface area contributed by atoms with E-state index < -0.39 is 18.0 Å². The average molecular weight is 665 g/mol. The van der Waals surface area contributed by atoms with Gasteiger partial charge in [-0.25, -0.2) is 0 Å². The molecule has 1 fully saturated rings. The first-order valence-corrected chi connectivity index (χ1v) is 16.7. The zero-order chi connectivity index (χ0) is 34.3. The second-order valence-electron chi connectivity index (χ2n) is 12.7. The van der Waals surface area contributed by atoms with Crippen molar-refractivity contribution in [3.8, 4) is 0 Å². The standard InChI is InChI=1S/C37H40N6O6/c1-24(11-12-32(45)40-23-44)43-36(47)28-8-4-9-29(34(28)37(43)48)39-17-13-25-14-18-42(19-15-25)22-33(46)41-35(27-7-5-16-38-21-27)31-20-26-6-2-3-10-30(26)49-31/h2-10,16,20-21,23-25,35,39H,11-15,17-19,22H2,1H3,(H,41,46)(H,40,44,45). The minimum absolute atomic E-state index is 0.0241. The third-order valence-electron chi connectivity index (χ3n) is 9.39. The van der Waals surface area contributed by atoms with Gasteiger partial charge < -0.3 is 15.1 Å². The monoisotopic (exact) mass is 664 g/mol. The molecule has 254 valence electrons. The summed E-state index contributed by atoms with van der Waals surface area (Å²) in [5.41, 5.74) is 2.92. The number of pyridine rings is 1. The predicted octanol–water partition coefficient (Wildman–Crippen LogP) is 4.28. The molecule has 4 heterocycles. The molecule has 4 aromatic rings. The quantitative estimate of drug-likeness (QED) is 0.132. The van der Waals surface area contributed by atoms with Crippen LogP contribution in [0.3, 0.4) is 0 Å². The fourth-order valence-electron chi connectivity index (χ4n) is 6.72. The van der Waals surface area contributed by atoms with E-state index in [0.29, 0.717) is 41.4 Å². The van der Waals surface area contributed by atoms with E-state index >= 15 is 0 Å². The predicted molar refractivity (Wildman–Crippen MR) is 183 cm³/mol. The summed E-state index contributed by atoms with van der Waals surface area (Å²) >= 11 is 0. The number of fused-ring (bicyclic) bond motifs is 2. The molecule has 49 heavy (non-hydrogen) atoms. The van der Waals surface area contributed by atoms with Crippen molar-refractivity contribution >= 4 is 46.7 Å². The Kier molecular flexibility index (Phi) is 10.4. The number of imide groups is 2. The highest BCUT2D eigenvalue weighted by Gasteiger charge is 2.40. The Morgan fingerprint density at radius 2 is 1.84 bits per heavy atom. The maximum absolute atomic E-state index is 13.4. The highest BCUT2D eigenvalue weighted by molar-refractivity contribution is 6.24. The zero-order valence-electron chi connectivity index (χ0n) is 27.4. The van der Waals surface area contributed by atoms with E-state index in [1.54, 1.807) is 37.5 Å². The van der Waals surface area contributed by atoms with Crippen LogP contribution < -0.4 is 16.0 Å². The van der Waals surface area contributed by atoms with Gasteiger partial charge in [-0.1, -0.05) is 30.3 Å². The van der Waals surface area contributed by atoms with Crippen LogP contribution in [0.5, 0.6) is 0 Å². The molecule has 2 aliphatic heterocycles. The highest BCUT2D eigenvalue weighted by Crippen LogP contribution is 2.32. The van der Waals surface area contributed by atoms with Crippen LogP contribution in [0.25, 0.3) is 11.0 Å². The second-order valence-corrected chi connectivity index (χ2v) is 12.7. The molecular formula is C37H40N6O6.